The van der Waals surface area contributed by atoms with Crippen molar-refractivity contribution in [1.29, 1.82) is 0 Å². The lowest BCUT2D eigenvalue weighted by Gasteiger charge is -2.16. The molecule has 0 aliphatic heterocycles. The van der Waals surface area contributed by atoms with Gasteiger partial charge in [-0.05, 0) is 30.3 Å². The Morgan fingerprint density at radius 2 is 1.93 bits per heavy atom. The van der Waals surface area contributed by atoms with Crippen LogP contribution in [0.15, 0.2) is 40.9 Å². The summed E-state index contributed by atoms with van der Waals surface area (Å²) in [6.45, 7) is -0.781. The van der Waals surface area contributed by atoms with Gasteiger partial charge in [0, 0.05) is 16.6 Å². The molecule has 0 fully saturated rings. The molecule has 150 valence electrons. The Balaban J connectivity index is 2.23. The predicted octanol–water partition coefficient (Wildman–Crippen LogP) is 4.42. The third-order valence-corrected chi connectivity index (χ3v) is 4.09. The second kappa shape index (κ2) is 9.20. The number of alkyl halides is 3. The van der Waals surface area contributed by atoms with E-state index in [1.54, 1.807) is 6.07 Å². The summed E-state index contributed by atoms with van der Waals surface area (Å²) in [6.07, 6.45) is -4.92. The summed E-state index contributed by atoms with van der Waals surface area (Å²) in [5, 5.41) is 11.4. The Kier molecular flexibility index (Phi) is 7.19. The van der Waals surface area contributed by atoms with Gasteiger partial charge in [0.05, 0.1) is 5.56 Å². The van der Waals surface area contributed by atoms with Gasteiger partial charge in [0.2, 0.25) is 0 Å². The zero-order chi connectivity index (χ0) is 20.9. The van der Waals surface area contributed by atoms with Gasteiger partial charge in [0.15, 0.2) is 6.61 Å². The van der Waals surface area contributed by atoms with Gasteiger partial charge in [0.25, 0.3) is 0 Å². The molecule has 0 amide bonds. The smallest absolute Gasteiger partial charge is 0.481 e. The average Bonchev–Trinajstić information content (AvgIpc) is 2.58. The lowest BCUT2D eigenvalue weighted by Crippen LogP contribution is -2.24. The zero-order valence-corrected chi connectivity index (χ0v) is 16.3. The van der Waals surface area contributed by atoms with Crippen LogP contribution in [0, 0.1) is 5.82 Å². The minimum atomic E-state index is -4.92. The molecule has 0 spiro atoms. The quantitative estimate of drug-likeness (QED) is 0.450. The van der Waals surface area contributed by atoms with Crippen LogP contribution in [0.2, 0.25) is 0 Å². The third-order valence-electron chi connectivity index (χ3n) is 3.23. The van der Waals surface area contributed by atoms with Crippen LogP contribution in [0.1, 0.15) is 11.1 Å². The van der Waals surface area contributed by atoms with Gasteiger partial charge >= 0.3 is 12.3 Å². The highest BCUT2D eigenvalue weighted by molar-refractivity contribution is 9.10. The molecule has 2 rings (SSSR count). The van der Waals surface area contributed by atoms with Gasteiger partial charge in [-0.1, -0.05) is 34.2 Å². The van der Waals surface area contributed by atoms with Crippen molar-refractivity contribution in [1.82, 2.24) is 5.32 Å². The predicted molar refractivity (Wildman–Crippen MR) is 98.9 cm³/mol. The molecule has 28 heavy (non-hydrogen) atoms. The van der Waals surface area contributed by atoms with Crippen LogP contribution in [0.4, 0.5) is 17.6 Å². The molecule has 11 heteroatoms. The monoisotopic (exact) mass is 481 g/mol. The van der Waals surface area contributed by atoms with E-state index in [1.165, 1.54) is 12.1 Å². The van der Waals surface area contributed by atoms with Crippen molar-refractivity contribution in [3.05, 3.63) is 57.8 Å². The van der Waals surface area contributed by atoms with Gasteiger partial charge in [-0.2, -0.15) is 0 Å². The number of hydrogen-bond acceptors (Lipinski definition) is 4. The number of carboxylic acids is 1. The maximum atomic E-state index is 13.9. The molecular formula is C17H12BrF4NO4S. The zero-order valence-electron chi connectivity index (χ0n) is 13.8. The second-order valence-corrected chi connectivity index (χ2v) is 6.63. The summed E-state index contributed by atoms with van der Waals surface area (Å²) in [5.74, 6) is -2.42. The average molecular weight is 482 g/mol. The minimum Gasteiger partial charge on any atom is -0.481 e. The minimum absolute atomic E-state index is 0.0319. The molecule has 0 radical (unpaired) electrons. The topological polar surface area (TPSA) is 67.8 Å². The van der Waals surface area contributed by atoms with Crippen molar-refractivity contribution in [3.8, 4) is 11.5 Å². The molecule has 5 nitrogen and oxygen atoms in total. The number of halogens is 5. The Bertz CT molecular complexity index is 892. The van der Waals surface area contributed by atoms with Crippen LogP contribution < -0.4 is 14.8 Å². The highest BCUT2D eigenvalue weighted by atomic mass is 79.9. The number of benzene rings is 2. The molecule has 0 aliphatic rings. The number of aliphatic carboxylic acids is 1. The van der Waals surface area contributed by atoms with Crippen LogP contribution in [0.25, 0.3) is 0 Å². The number of rotatable bonds is 7. The van der Waals surface area contributed by atoms with E-state index in [-0.39, 0.29) is 28.4 Å². The molecule has 0 saturated heterocycles. The molecule has 2 N–H and O–H groups in total. The fraction of sp³-hybridized carbons (Fsp3) is 0.176. The lowest BCUT2D eigenvalue weighted by molar-refractivity contribution is -0.274. The summed E-state index contributed by atoms with van der Waals surface area (Å²) in [5.41, 5.74) is 0.233. The summed E-state index contributed by atoms with van der Waals surface area (Å²) in [4.78, 5) is 10.6. The molecule has 0 heterocycles. The summed E-state index contributed by atoms with van der Waals surface area (Å²) < 4.78 is 60.7. The molecule has 0 atom stereocenters. The molecule has 0 aromatic heterocycles. The lowest BCUT2D eigenvalue weighted by atomic mass is 10.1. The van der Waals surface area contributed by atoms with Crippen molar-refractivity contribution in [2.24, 2.45) is 0 Å². The van der Waals surface area contributed by atoms with Crippen molar-refractivity contribution >= 4 is 39.1 Å². The van der Waals surface area contributed by atoms with Gasteiger partial charge in [-0.25, -0.2) is 9.18 Å². The Hall–Kier alpha value is -2.40. The summed E-state index contributed by atoms with van der Waals surface area (Å²) in [6, 6.07) is 7.39. The van der Waals surface area contributed by atoms with Gasteiger partial charge in [0.1, 0.15) is 22.3 Å². The molecule has 0 unspecified atom stereocenters. The van der Waals surface area contributed by atoms with Crippen LogP contribution in [-0.4, -0.2) is 29.0 Å². The van der Waals surface area contributed by atoms with Crippen LogP contribution in [0.3, 0.4) is 0 Å². The van der Waals surface area contributed by atoms with Gasteiger partial charge in [-0.15, -0.1) is 13.2 Å². The fourth-order valence-corrected chi connectivity index (χ4v) is 2.65. The van der Waals surface area contributed by atoms with Crippen LogP contribution in [0.5, 0.6) is 11.5 Å². The number of carbonyl (C=O) groups is 1. The largest absolute Gasteiger partial charge is 0.573 e. The van der Waals surface area contributed by atoms with Crippen molar-refractivity contribution < 1.29 is 36.9 Å². The standard InChI is InChI=1S/C17H12BrF4NO4S/c18-10-2-1-9(13(19)5-10)7-23-16(28)12-6-11(27-17(20,21)22)3-4-14(12)26-8-15(24)25/h1-6H,7-8H2,(H,23,28)(H,24,25). The molecule has 2 aromatic carbocycles. The second-order valence-electron chi connectivity index (χ2n) is 5.31. The molecule has 0 saturated carbocycles. The molecule has 0 aliphatic carbocycles. The maximum Gasteiger partial charge on any atom is 0.573 e. The highest BCUT2D eigenvalue weighted by Gasteiger charge is 2.31. The van der Waals surface area contributed by atoms with Crippen LogP contribution >= 0.6 is 28.1 Å². The molecular weight excluding hydrogens is 470 g/mol. The Morgan fingerprint density at radius 3 is 2.54 bits per heavy atom. The first-order chi connectivity index (χ1) is 13.0. The van der Waals surface area contributed by atoms with E-state index in [9.17, 15) is 22.4 Å². The summed E-state index contributed by atoms with van der Waals surface area (Å²) >= 11 is 8.28. The Morgan fingerprint density at radius 1 is 1.21 bits per heavy atom. The SMILES string of the molecule is O=C(O)COc1ccc(OC(F)(F)F)cc1C(=S)NCc1ccc(Br)cc1F. The first kappa shape index (κ1) is 21.9. The highest BCUT2D eigenvalue weighted by Crippen LogP contribution is 2.29. The first-order valence-electron chi connectivity index (χ1n) is 7.51. The van der Waals surface area contributed by atoms with Crippen LogP contribution in [-0.2, 0) is 11.3 Å². The summed E-state index contributed by atoms with van der Waals surface area (Å²) in [7, 11) is 0. The molecule has 0 bridgehead atoms. The third kappa shape index (κ3) is 6.64. The van der Waals surface area contributed by atoms with E-state index >= 15 is 0 Å². The van der Waals surface area contributed by atoms with E-state index in [0.717, 1.165) is 18.2 Å². The number of nitrogens with one attached hydrogen (secondary N) is 1. The number of hydrogen-bond donors (Lipinski definition) is 2. The number of carboxylic acid groups (broad SMARTS) is 1. The number of thiocarbonyl (C=S) groups is 1. The maximum absolute atomic E-state index is 13.9. The van der Waals surface area contributed by atoms with E-state index in [1.807, 2.05) is 0 Å². The van der Waals surface area contributed by atoms with E-state index in [4.69, 9.17) is 22.1 Å². The number of ether oxygens (including phenoxy) is 2. The van der Waals surface area contributed by atoms with E-state index < -0.39 is 30.5 Å². The van der Waals surface area contributed by atoms with Gasteiger partial charge < -0.3 is 19.9 Å². The van der Waals surface area contributed by atoms with E-state index in [2.05, 4.69) is 26.0 Å². The molecule has 2 aromatic rings. The first-order valence-corrected chi connectivity index (χ1v) is 8.72. The van der Waals surface area contributed by atoms with Gasteiger partial charge in [-0.3, -0.25) is 0 Å². The fourth-order valence-electron chi connectivity index (χ4n) is 2.08. The van der Waals surface area contributed by atoms with Crippen molar-refractivity contribution in [2.75, 3.05) is 6.61 Å². The van der Waals surface area contributed by atoms with E-state index in [0.29, 0.717) is 4.47 Å². The normalized spacial score (nSPS) is 11.0. The van der Waals surface area contributed by atoms with Crippen molar-refractivity contribution in [2.45, 2.75) is 12.9 Å². The Labute approximate surface area is 170 Å². The van der Waals surface area contributed by atoms with Crippen molar-refractivity contribution in [3.63, 3.8) is 0 Å².